The summed E-state index contributed by atoms with van der Waals surface area (Å²) in [5.41, 5.74) is -0.269. The summed E-state index contributed by atoms with van der Waals surface area (Å²) in [6.45, 7) is 4.58. The number of thioether (sulfide) groups is 1. The van der Waals surface area contributed by atoms with E-state index in [4.69, 9.17) is 11.6 Å². The van der Waals surface area contributed by atoms with Crippen molar-refractivity contribution in [3.8, 4) is 0 Å². The van der Waals surface area contributed by atoms with Gasteiger partial charge in [0.25, 0.3) is 0 Å². The fraction of sp³-hybridized carbons (Fsp3) is 0.900. The van der Waals surface area contributed by atoms with E-state index in [1.807, 2.05) is 11.8 Å². The molecule has 6 nitrogen and oxygen atoms in total. The Morgan fingerprint density at radius 2 is 1.93 bits per heavy atom. The molecule has 4 atom stereocenters. The summed E-state index contributed by atoms with van der Waals surface area (Å²) in [4.78, 5) is 26.8. The van der Waals surface area contributed by atoms with Gasteiger partial charge in [-0.2, -0.15) is 11.8 Å². The van der Waals surface area contributed by atoms with E-state index >= 15 is 0 Å². The second kappa shape index (κ2) is 10.5. The number of hydrogen-bond donors (Lipinski definition) is 3. The molecule has 3 N–H and O–H groups in total. The van der Waals surface area contributed by atoms with Gasteiger partial charge in [-0.25, -0.2) is 0 Å². The summed E-state index contributed by atoms with van der Waals surface area (Å²) in [7, 11) is 0. The van der Waals surface area contributed by atoms with Crippen LogP contribution in [-0.4, -0.2) is 64.6 Å². The molecule has 28 heavy (non-hydrogen) atoms. The monoisotopic (exact) mass is 430 g/mol. The third-order valence-electron chi connectivity index (χ3n) is 6.22. The molecule has 3 fully saturated rings. The molecule has 0 radical (unpaired) electrons. The Hall–Kier alpha value is -0.500. The average molecular weight is 431 g/mol. The van der Waals surface area contributed by atoms with Crippen LogP contribution in [0.1, 0.15) is 58.8 Å². The van der Waals surface area contributed by atoms with Crippen molar-refractivity contribution in [3.63, 3.8) is 0 Å². The van der Waals surface area contributed by atoms with Gasteiger partial charge in [0, 0.05) is 44.1 Å². The van der Waals surface area contributed by atoms with Gasteiger partial charge in [-0.05, 0) is 62.9 Å². The molecule has 2 amide bonds. The average Bonchev–Trinajstić information content (AvgIpc) is 3.12. The van der Waals surface area contributed by atoms with Crippen LogP contribution in [0.4, 0.5) is 0 Å². The Morgan fingerprint density at radius 3 is 2.54 bits per heavy atom. The number of hydrogen-bond acceptors (Lipinski definition) is 5. The molecule has 3 rings (SSSR count). The third kappa shape index (κ3) is 6.51. The highest BCUT2D eigenvalue weighted by molar-refractivity contribution is 7.99. The number of carbonyl (C=O) groups excluding carboxylic acids is 2. The summed E-state index contributed by atoms with van der Waals surface area (Å²) in [5.74, 6) is 3.29. The molecule has 8 heteroatoms. The highest BCUT2D eigenvalue weighted by Crippen LogP contribution is 2.29. The lowest BCUT2D eigenvalue weighted by Crippen LogP contribution is -2.56. The minimum absolute atomic E-state index is 0.0427. The van der Waals surface area contributed by atoms with Gasteiger partial charge in [-0.3, -0.25) is 20.2 Å². The second-order valence-corrected chi connectivity index (χ2v) is 10.3. The first-order valence-electron chi connectivity index (χ1n) is 10.7. The van der Waals surface area contributed by atoms with E-state index in [1.54, 1.807) is 6.92 Å². The summed E-state index contributed by atoms with van der Waals surface area (Å²) in [6, 6.07) is 1.00. The number of amides is 2. The first kappa shape index (κ1) is 22.2. The van der Waals surface area contributed by atoms with Crippen molar-refractivity contribution in [2.45, 2.75) is 88.6 Å². The first-order chi connectivity index (χ1) is 13.4. The molecule has 3 aliphatic rings. The Balaban J connectivity index is 1.59. The third-order valence-corrected chi connectivity index (χ3v) is 7.70. The number of alkyl halides is 1. The Kier molecular flexibility index (Phi) is 8.33. The van der Waals surface area contributed by atoms with Gasteiger partial charge < -0.3 is 10.2 Å². The van der Waals surface area contributed by atoms with Gasteiger partial charge in [-0.1, -0.05) is 11.6 Å². The number of halogens is 1. The molecule has 1 aliphatic carbocycles. The minimum atomic E-state index is -0.269. The van der Waals surface area contributed by atoms with Crippen LogP contribution in [0.25, 0.3) is 0 Å². The van der Waals surface area contributed by atoms with Crippen molar-refractivity contribution < 1.29 is 9.59 Å². The van der Waals surface area contributed by atoms with E-state index < -0.39 is 0 Å². The van der Waals surface area contributed by atoms with Gasteiger partial charge in [-0.15, -0.1) is 0 Å². The molecule has 4 unspecified atom stereocenters. The number of nitrogens with zero attached hydrogens (tertiary/aromatic N) is 1. The van der Waals surface area contributed by atoms with E-state index in [0.29, 0.717) is 24.4 Å². The van der Waals surface area contributed by atoms with Crippen molar-refractivity contribution in [3.05, 3.63) is 0 Å². The largest absolute Gasteiger partial charge is 0.354 e. The van der Waals surface area contributed by atoms with Crippen LogP contribution in [0.3, 0.4) is 0 Å². The lowest BCUT2D eigenvalue weighted by atomic mass is 9.89. The molecule has 0 spiro atoms. The number of carbonyl (C=O) groups is 2. The molecular weight excluding hydrogens is 396 g/mol. The topological polar surface area (TPSA) is 73.5 Å². The quantitative estimate of drug-likeness (QED) is 0.445. The molecule has 0 aromatic carbocycles. The summed E-state index contributed by atoms with van der Waals surface area (Å²) in [6.07, 6.45) is 6.51. The Labute approximate surface area is 178 Å². The maximum Gasteiger partial charge on any atom is 0.224 e. The molecule has 0 aromatic rings. The van der Waals surface area contributed by atoms with Crippen molar-refractivity contribution in [1.82, 2.24) is 20.9 Å². The molecular formula is C20H35ClN4O2S. The Bertz CT molecular complexity index is 528. The van der Waals surface area contributed by atoms with Gasteiger partial charge in [0.15, 0.2) is 0 Å². The standard InChI is InChI=1S/C20H35ClN4O2S/c1-13-9-17(24-20(21)22-13)10-19(27)25(11-15-7-8-28-12-15)18-5-3-16(4-6-18)23-14(2)26/h13,15-18,20,22,24H,3-12H2,1-2H3,(H,23,26). The molecule has 2 aliphatic heterocycles. The number of nitrogens with one attached hydrogen (secondary N) is 3. The molecule has 2 saturated heterocycles. The summed E-state index contributed by atoms with van der Waals surface area (Å²) < 4.78 is 0. The smallest absolute Gasteiger partial charge is 0.224 e. The van der Waals surface area contributed by atoms with Crippen molar-refractivity contribution in [2.75, 3.05) is 18.1 Å². The SMILES string of the molecule is CC(=O)NC1CCC(N(CC2CCSC2)C(=O)CC2CC(C)NC(Cl)N2)CC1. The van der Waals surface area contributed by atoms with Crippen LogP contribution >= 0.6 is 23.4 Å². The van der Waals surface area contributed by atoms with Crippen LogP contribution in [-0.2, 0) is 9.59 Å². The normalized spacial score (nSPS) is 36.1. The van der Waals surface area contributed by atoms with Crippen LogP contribution in [0.15, 0.2) is 0 Å². The van der Waals surface area contributed by atoms with Crippen LogP contribution < -0.4 is 16.0 Å². The van der Waals surface area contributed by atoms with E-state index in [-0.39, 0.29) is 29.5 Å². The lowest BCUT2D eigenvalue weighted by molar-refractivity contribution is -0.136. The molecule has 0 aromatic heterocycles. The minimum Gasteiger partial charge on any atom is -0.354 e. The highest BCUT2D eigenvalue weighted by atomic mass is 35.5. The zero-order valence-corrected chi connectivity index (χ0v) is 18.7. The van der Waals surface area contributed by atoms with Crippen LogP contribution in [0.5, 0.6) is 0 Å². The van der Waals surface area contributed by atoms with E-state index in [2.05, 4.69) is 27.8 Å². The molecule has 160 valence electrons. The van der Waals surface area contributed by atoms with E-state index in [0.717, 1.165) is 44.4 Å². The van der Waals surface area contributed by atoms with Crippen molar-refractivity contribution in [2.24, 2.45) is 5.92 Å². The molecule has 0 bridgehead atoms. The second-order valence-electron chi connectivity index (χ2n) is 8.72. The van der Waals surface area contributed by atoms with Crippen LogP contribution in [0.2, 0.25) is 0 Å². The Morgan fingerprint density at radius 1 is 1.18 bits per heavy atom. The zero-order chi connectivity index (χ0) is 20.1. The van der Waals surface area contributed by atoms with Crippen LogP contribution in [0, 0.1) is 5.92 Å². The summed E-state index contributed by atoms with van der Waals surface area (Å²) in [5, 5.41) is 9.60. The lowest BCUT2D eigenvalue weighted by Gasteiger charge is -2.40. The number of rotatable bonds is 6. The highest BCUT2D eigenvalue weighted by Gasteiger charge is 2.34. The maximum atomic E-state index is 13.3. The predicted octanol–water partition coefficient (Wildman–Crippen LogP) is 2.27. The maximum absolute atomic E-state index is 13.3. The fourth-order valence-corrected chi connectivity index (χ4v) is 6.48. The first-order valence-corrected chi connectivity index (χ1v) is 12.3. The van der Waals surface area contributed by atoms with Crippen molar-refractivity contribution >= 4 is 35.2 Å². The fourth-order valence-electron chi connectivity index (χ4n) is 4.82. The van der Waals surface area contributed by atoms with Gasteiger partial charge in [0.05, 0.1) is 0 Å². The summed E-state index contributed by atoms with van der Waals surface area (Å²) >= 11 is 8.23. The van der Waals surface area contributed by atoms with E-state index in [1.165, 1.54) is 12.2 Å². The molecule has 1 saturated carbocycles. The van der Waals surface area contributed by atoms with Gasteiger partial charge in [0.2, 0.25) is 11.8 Å². The van der Waals surface area contributed by atoms with Gasteiger partial charge in [0.1, 0.15) is 5.62 Å². The van der Waals surface area contributed by atoms with Crippen molar-refractivity contribution in [1.29, 1.82) is 0 Å². The van der Waals surface area contributed by atoms with E-state index in [9.17, 15) is 9.59 Å². The predicted molar refractivity (Wildman–Crippen MR) is 115 cm³/mol. The molecule has 2 heterocycles. The zero-order valence-electron chi connectivity index (χ0n) is 17.1. The van der Waals surface area contributed by atoms with Gasteiger partial charge >= 0.3 is 0 Å².